The fraction of sp³-hybridized carbons (Fsp3) is 1.00. The zero-order valence-corrected chi connectivity index (χ0v) is 8.59. The SMILES string of the molecule is NCCC1CCCCCN1CC(F)F. The first-order chi connectivity index (χ1) is 6.74. The van der Waals surface area contributed by atoms with Gasteiger partial charge in [0.1, 0.15) is 0 Å². The van der Waals surface area contributed by atoms with Crippen LogP contribution in [0.3, 0.4) is 0 Å². The third-order valence-electron chi connectivity index (χ3n) is 2.87. The molecule has 1 aliphatic rings. The Kier molecular flexibility index (Phi) is 5.33. The minimum atomic E-state index is -2.21. The highest BCUT2D eigenvalue weighted by molar-refractivity contribution is 4.76. The predicted octanol–water partition coefficient (Wildman–Crippen LogP) is 1.84. The number of nitrogens with two attached hydrogens (primary N) is 1. The monoisotopic (exact) mass is 206 g/mol. The first-order valence-electron chi connectivity index (χ1n) is 5.46. The van der Waals surface area contributed by atoms with Crippen LogP contribution in [0.2, 0.25) is 0 Å². The lowest BCUT2D eigenvalue weighted by atomic mass is 10.1. The van der Waals surface area contributed by atoms with E-state index in [9.17, 15) is 8.78 Å². The van der Waals surface area contributed by atoms with E-state index in [0.29, 0.717) is 6.54 Å². The van der Waals surface area contributed by atoms with Crippen molar-refractivity contribution in [2.24, 2.45) is 5.73 Å². The summed E-state index contributed by atoms with van der Waals surface area (Å²) in [6.07, 6.45) is 3.05. The maximum absolute atomic E-state index is 12.3. The molecular formula is C10H20F2N2. The molecule has 84 valence electrons. The Bertz CT molecular complexity index is 153. The quantitative estimate of drug-likeness (QED) is 0.760. The number of rotatable bonds is 4. The van der Waals surface area contributed by atoms with Gasteiger partial charge in [0.2, 0.25) is 0 Å². The van der Waals surface area contributed by atoms with Gasteiger partial charge in [0.15, 0.2) is 0 Å². The molecule has 1 aliphatic heterocycles. The summed E-state index contributed by atoms with van der Waals surface area (Å²) in [6, 6.07) is 0.288. The molecule has 0 aromatic heterocycles. The first kappa shape index (κ1) is 11.9. The molecule has 1 rings (SSSR count). The van der Waals surface area contributed by atoms with E-state index in [0.717, 1.165) is 32.2 Å². The maximum Gasteiger partial charge on any atom is 0.251 e. The third-order valence-corrected chi connectivity index (χ3v) is 2.87. The minimum Gasteiger partial charge on any atom is -0.330 e. The number of hydrogen-bond donors (Lipinski definition) is 1. The van der Waals surface area contributed by atoms with Crippen molar-refractivity contribution in [1.29, 1.82) is 0 Å². The van der Waals surface area contributed by atoms with E-state index in [2.05, 4.69) is 0 Å². The predicted molar refractivity (Wildman–Crippen MR) is 53.5 cm³/mol. The van der Waals surface area contributed by atoms with Crippen LogP contribution in [0.15, 0.2) is 0 Å². The first-order valence-corrected chi connectivity index (χ1v) is 5.46. The summed E-state index contributed by atoms with van der Waals surface area (Å²) in [5.74, 6) is 0. The molecule has 1 saturated heterocycles. The van der Waals surface area contributed by atoms with Crippen molar-refractivity contribution in [2.45, 2.75) is 44.6 Å². The average Bonchev–Trinajstić information content (AvgIpc) is 2.32. The molecule has 0 spiro atoms. The van der Waals surface area contributed by atoms with Gasteiger partial charge in [-0.1, -0.05) is 12.8 Å². The molecule has 0 radical (unpaired) electrons. The van der Waals surface area contributed by atoms with E-state index in [1.54, 1.807) is 0 Å². The van der Waals surface area contributed by atoms with Crippen LogP contribution < -0.4 is 5.73 Å². The van der Waals surface area contributed by atoms with Gasteiger partial charge in [-0.2, -0.15) is 0 Å². The normalized spacial score (nSPS) is 25.3. The highest BCUT2D eigenvalue weighted by Crippen LogP contribution is 2.19. The molecular weight excluding hydrogens is 186 g/mol. The zero-order chi connectivity index (χ0) is 10.4. The molecule has 4 heteroatoms. The molecule has 0 amide bonds. The molecule has 0 bridgehead atoms. The lowest BCUT2D eigenvalue weighted by molar-refractivity contribution is 0.0650. The van der Waals surface area contributed by atoms with Crippen molar-refractivity contribution in [1.82, 2.24) is 4.90 Å². The van der Waals surface area contributed by atoms with Gasteiger partial charge in [-0.3, -0.25) is 4.90 Å². The van der Waals surface area contributed by atoms with Crippen molar-refractivity contribution < 1.29 is 8.78 Å². The molecule has 2 N–H and O–H groups in total. The van der Waals surface area contributed by atoms with E-state index in [4.69, 9.17) is 5.73 Å². The molecule has 0 saturated carbocycles. The van der Waals surface area contributed by atoms with Crippen molar-refractivity contribution >= 4 is 0 Å². The maximum atomic E-state index is 12.3. The summed E-state index contributed by atoms with van der Waals surface area (Å²) in [5.41, 5.74) is 5.49. The summed E-state index contributed by atoms with van der Waals surface area (Å²) in [4.78, 5) is 1.92. The van der Waals surface area contributed by atoms with E-state index in [1.165, 1.54) is 6.42 Å². The fourth-order valence-corrected chi connectivity index (χ4v) is 2.17. The number of likely N-dealkylation sites (tertiary alicyclic amines) is 1. The highest BCUT2D eigenvalue weighted by atomic mass is 19.3. The zero-order valence-electron chi connectivity index (χ0n) is 8.59. The van der Waals surface area contributed by atoms with E-state index in [1.807, 2.05) is 4.90 Å². The van der Waals surface area contributed by atoms with Crippen LogP contribution in [0.25, 0.3) is 0 Å². The summed E-state index contributed by atoms with van der Waals surface area (Å²) in [7, 11) is 0. The Morgan fingerprint density at radius 3 is 2.71 bits per heavy atom. The van der Waals surface area contributed by atoms with E-state index in [-0.39, 0.29) is 12.6 Å². The van der Waals surface area contributed by atoms with Crippen LogP contribution >= 0.6 is 0 Å². The summed E-state index contributed by atoms with van der Waals surface area (Å²) < 4.78 is 24.6. The fourth-order valence-electron chi connectivity index (χ4n) is 2.17. The lowest BCUT2D eigenvalue weighted by Gasteiger charge is -2.29. The van der Waals surface area contributed by atoms with Crippen LogP contribution in [-0.4, -0.2) is 37.0 Å². The molecule has 1 heterocycles. The number of nitrogens with zero attached hydrogens (tertiary/aromatic N) is 1. The largest absolute Gasteiger partial charge is 0.330 e. The van der Waals surface area contributed by atoms with Gasteiger partial charge in [-0.15, -0.1) is 0 Å². The lowest BCUT2D eigenvalue weighted by Crippen LogP contribution is -2.39. The smallest absolute Gasteiger partial charge is 0.251 e. The van der Waals surface area contributed by atoms with Crippen molar-refractivity contribution in [2.75, 3.05) is 19.6 Å². The average molecular weight is 206 g/mol. The topological polar surface area (TPSA) is 29.3 Å². The summed E-state index contributed by atoms with van der Waals surface area (Å²) in [5, 5.41) is 0. The molecule has 1 unspecified atom stereocenters. The molecule has 0 aliphatic carbocycles. The minimum absolute atomic E-state index is 0.0787. The van der Waals surface area contributed by atoms with Crippen molar-refractivity contribution in [3.8, 4) is 0 Å². The summed E-state index contributed by atoms with van der Waals surface area (Å²) in [6.45, 7) is 1.34. The van der Waals surface area contributed by atoms with Crippen LogP contribution in [0.1, 0.15) is 32.1 Å². The van der Waals surface area contributed by atoms with Crippen molar-refractivity contribution in [3.05, 3.63) is 0 Å². The number of hydrogen-bond acceptors (Lipinski definition) is 2. The van der Waals surface area contributed by atoms with Crippen LogP contribution in [0.5, 0.6) is 0 Å². The molecule has 0 aromatic carbocycles. The second-order valence-corrected chi connectivity index (χ2v) is 3.97. The third kappa shape index (κ3) is 3.88. The Labute approximate surface area is 84.4 Å². The van der Waals surface area contributed by atoms with Crippen LogP contribution in [0, 0.1) is 0 Å². The van der Waals surface area contributed by atoms with Gasteiger partial charge < -0.3 is 5.73 Å². The molecule has 2 nitrogen and oxygen atoms in total. The van der Waals surface area contributed by atoms with Crippen LogP contribution in [-0.2, 0) is 0 Å². The molecule has 0 aromatic rings. The molecule has 14 heavy (non-hydrogen) atoms. The summed E-state index contributed by atoms with van der Waals surface area (Å²) >= 11 is 0. The molecule has 1 fully saturated rings. The Morgan fingerprint density at radius 1 is 1.29 bits per heavy atom. The Morgan fingerprint density at radius 2 is 2.07 bits per heavy atom. The van der Waals surface area contributed by atoms with Gasteiger partial charge >= 0.3 is 0 Å². The van der Waals surface area contributed by atoms with Gasteiger partial charge in [0, 0.05) is 6.04 Å². The van der Waals surface area contributed by atoms with E-state index >= 15 is 0 Å². The van der Waals surface area contributed by atoms with E-state index < -0.39 is 6.43 Å². The Hall–Kier alpha value is -0.220. The van der Waals surface area contributed by atoms with Crippen LogP contribution in [0.4, 0.5) is 8.78 Å². The number of halogens is 2. The van der Waals surface area contributed by atoms with Gasteiger partial charge in [0.25, 0.3) is 6.43 Å². The second kappa shape index (κ2) is 6.30. The number of alkyl halides is 2. The second-order valence-electron chi connectivity index (χ2n) is 3.97. The molecule has 1 atom stereocenters. The van der Waals surface area contributed by atoms with Gasteiger partial charge in [-0.25, -0.2) is 8.78 Å². The highest BCUT2D eigenvalue weighted by Gasteiger charge is 2.22. The van der Waals surface area contributed by atoms with Gasteiger partial charge in [0.05, 0.1) is 6.54 Å². The van der Waals surface area contributed by atoms with Gasteiger partial charge in [-0.05, 0) is 32.4 Å². The Balaban J connectivity index is 2.45. The van der Waals surface area contributed by atoms with Crippen molar-refractivity contribution in [3.63, 3.8) is 0 Å². The standard InChI is InChI=1S/C10H20F2N2/c11-10(12)8-14-7-3-1-2-4-9(14)5-6-13/h9-10H,1-8,13H2.